The summed E-state index contributed by atoms with van der Waals surface area (Å²) in [6.07, 6.45) is 3.54. The van der Waals surface area contributed by atoms with E-state index < -0.39 is 0 Å². The van der Waals surface area contributed by atoms with E-state index >= 15 is 0 Å². The summed E-state index contributed by atoms with van der Waals surface area (Å²) in [7, 11) is 0. The third-order valence-electron chi connectivity index (χ3n) is 3.34. The van der Waals surface area contributed by atoms with Gasteiger partial charge in [-0.25, -0.2) is 0 Å². The second-order valence-electron chi connectivity index (χ2n) is 4.56. The van der Waals surface area contributed by atoms with E-state index in [4.69, 9.17) is 0 Å². The van der Waals surface area contributed by atoms with Crippen molar-refractivity contribution in [2.75, 3.05) is 19.6 Å². The highest BCUT2D eigenvalue weighted by Gasteiger charge is 2.12. The van der Waals surface area contributed by atoms with E-state index in [0.717, 1.165) is 25.9 Å². The fourth-order valence-electron chi connectivity index (χ4n) is 2.19. The van der Waals surface area contributed by atoms with E-state index in [1.54, 1.807) is 0 Å². The monoisotopic (exact) mass is 218 g/mol. The van der Waals surface area contributed by atoms with E-state index in [1.807, 2.05) is 0 Å². The Labute approximate surface area is 98.4 Å². The van der Waals surface area contributed by atoms with Crippen molar-refractivity contribution in [1.82, 2.24) is 10.6 Å². The van der Waals surface area contributed by atoms with Crippen LogP contribution in [0.25, 0.3) is 0 Å². The van der Waals surface area contributed by atoms with E-state index in [1.165, 1.54) is 24.1 Å². The molecule has 0 aromatic heterocycles. The lowest BCUT2D eigenvalue weighted by Crippen LogP contribution is -2.32. The molecule has 1 unspecified atom stereocenters. The van der Waals surface area contributed by atoms with Crippen LogP contribution in [0, 0.1) is 0 Å². The van der Waals surface area contributed by atoms with Crippen molar-refractivity contribution in [2.24, 2.45) is 0 Å². The minimum absolute atomic E-state index is 0.690. The summed E-state index contributed by atoms with van der Waals surface area (Å²) in [5.41, 5.74) is 2.87. The topological polar surface area (TPSA) is 24.1 Å². The Bertz CT molecular complexity index is 299. The van der Waals surface area contributed by atoms with Crippen molar-refractivity contribution in [3.8, 4) is 0 Å². The molecular formula is C14H22N2. The van der Waals surface area contributed by atoms with Crippen molar-refractivity contribution in [3.63, 3.8) is 0 Å². The maximum atomic E-state index is 3.60. The Morgan fingerprint density at radius 3 is 2.62 bits per heavy atom. The highest BCUT2D eigenvalue weighted by Crippen LogP contribution is 2.05. The van der Waals surface area contributed by atoms with Gasteiger partial charge in [0.1, 0.15) is 0 Å². The molecule has 0 aliphatic carbocycles. The van der Waals surface area contributed by atoms with Gasteiger partial charge in [0.15, 0.2) is 0 Å². The lowest BCUT2D eigenvalue weighted by Gasteiger charge is -2.10. The van der Waals surface area contributed by atoms with Crippen molar-refractivity contribution in [1.29, 1.82) is 0 Å². The molecule has 1 heterocycles. The number of hydrogen-bond donors (Lipinski definition) is 2. The molecule has 2 nitrogen and oxygen atoms in total. The molecule has 1 aliphatic rings. The first kappa shape index (κ1) is 11.6. The Balaban J connectivity index is 1.71. The third kappa shape index (κ3) is 3.32. The fourth-order valence-corrected chi connectivity index (χ4v) is 2.19. The van der Waals surface area contributed by atoms with Crippen LogP contribution in [0.4, 0.5) is 0 Å². The molecule has 0 saturated carbocycles. The highest BCUT2D eigenvalue weighted by atomic mass is 15.0. The summed E-state index contributed by atoms with van der Waals surface area (Å²) in [5.74, 6) is 0. The summed E-state index contributed by atoms with van der Waals surface area (Å²) in [5, 5.41) is 6.97. The number of hydrogen-bond acceptors (Lipinski definition) is 2. The van der Waals surface area contributed by atoms with E-state index in [0.29, 0.717) is 6.04 Å². The number of benzene rings is 1. The summed E-state index contributed by atoms with van der Waals surface area (Å²) in [6.45, 7) is 5.60. The molecule has 0 amide bonds. The minimum Gasteiger partial charge on any atom is -0.315 e. The van der Waals surface area contributed by atoms with Crippen LogP contribution < -0.4 is 10.6 Å². The van der Waals surface area contributed by atoms with Gasteiger partial charge in [-0.15, -0.1) is 0 Å². The van der Waals surface area contributed by atoms with Gasteiger partial charge in [-0.05, 0) is 43.5 Å². The molecule has 2 N–H and O–H groups in total. The first-order valence-corrected chi connectivity index (χ1v) is 6.40. The van der Waals surface area contributed by atoms with Crippen LogP contribution in [0.3, 0.4) is 0 Å². The molecule has 1 aromatic carbocycles. The maximum Gasteiger partial charge on any atom is 0.0204 e. The molecular weight excluding hydrogens is 196 g/mol. The summed E-state index contributed by atoms with van der Waals surface area (Å²) in [4.78, 5) is 0. The van der Waals surface area contributed by atoms with Gasteiger partial charge < -0.3 is 10.6 Å². The van der Waals surface area contributed by atoms with Crippen LogP contribution in [-0.4, -0.2) is 25.7 Å². The van der Waals surface area contributed by atoms with Crippen LogP contribution in [-0.2, 0) is 12.8 Å². The third-order valence-corrected chi connectivity index (χ3v) is 3.34. The first-order valence-electron chi connectivity index (χ1n) is 6.40. The average Bonchev–Trinajstić information content (AvgIpc) is 2.83. The average molecular weight is 218 g/mol. The molecule has 1 saturated heterocycles. The second kappa shape index (κ2) is 6.02. The van der Waals surface area contributed by atoms with Crippen LogP contribution in [0.2, 0.25) is 0 Å². The number of aryl methyl sites for hydroxylation is 1. The number of nitrogens with one attached hydrogen (secondary N) is 2. The predicted molar refractivity (Wildman–Crippen MR) is 68.8 cm³/mol. The lowest BCUT2D eigenvalue weighted by molar-refractivity contribution is 0.550. The van der Waals surface area contributed by atoms with Crippen LogP contribution in [0.1, 0.15) is 24.5 Å². The van der Waals surface area contributed by atoms with Crippen molar-refractivity contribution >= 4 is 0 Å². The molecule has 88 valence electrons. The molecule has 0 spiro atoms. The zero-order valence-corrected chi connectivity index (χ0v) is 10.1. The summed E-state index contributed by atoms with van der Waals surface area (Å²) < 4.78 is 0. The molecule has 0 bridgehead atoms. The molecule has 0 radical (unpaired) electrons. The molecule has 1 aliphatic heterocycles. The zero-order chi connectivity index (χ0) is 11.2. The summed E-state index contributed by atoms with van der Waals surface area (Å²) in [6, 6.07) is 9.69. The van der Waals surface area contributed by atoms with Crippen molar-refractivity contribution in [2.45, 2.75) is 32.2 Å². The van der Waals surface area contributed by atoms with Crippen molar-refractivity contribution in [3.05, 3.63) is 35.4 Å². The van der Waals surface area contributed by atoms with Crippen LogP contribution >= 0.6 is 0 Å². The second-order valence-corrected chi connectivity index (χ2v) is 4.56. The Kier molecular flexibility index (Phi) is 4.37. The molecule has 2 rings (SSSR count). The molecule has 1 fully saturated rings. The van der Waals surface area contributed by atoms with Gasteiger partial charge in [0, 0.05) is 12.6 Å². The lowest BCUT2D eigenvalue weighted by atomic mass is 10.1. The van der Waals surface area contributed by atoms with Crippen LogP contribution in [0.5, 0.6) is 0 Å². The van der Waals surface area contributed by atoms with E-state index in [2.05, 4.69) is 41.8 Å². The van der Waals surface area contributed by atoms with Crippen molar-refractivity contribution < 1.29 is 0 Å². The van der Waals surface area contributed by atoms with Gasteiger partial charge in [-0.2, -0.15) is 0 Å². The minimum atomic E-state index is 0.690. The van der Waals surface area contributed by atoms with E-state index in [9.17, 15) is 0 Å². The Morgan fingerprint density at radius 1 is 1.25 bits per heavy atom. The zero-order valence-electron chi connectivity index (χ0n) is 10.1. The standard InChI is InChI=1S/C14H22N2/c1-2-12-3-5-13(6-4-12)7-10-16-14-8-9-15-11-14/h3-6,14-16H,2,7-11H2,1H3. The number of rotatable bonds is 5. The molecule has 1 atom stereocenters. The predicted octanol–water partition coefficient (Wildman–Crippen LogP) is 1.74. The fraction of sp³-hybridized carbons (Fsp3) is 0.571. The molecule has 2 heteroatoms. The Morgan fingerprint density at radius 2 is 2.00 bits per heavy atom. The molecule has 16 heavy (non-hydrogen) atoms. The first-order chi connectivity index (χ1) is 7.88. The van der Waals surface area contributed by atoms with Gasteiger partial charge >= 0.3 is 0 Å². The normalized spacial score (nSPS) is 20.2. The van der Waals surface area contributed by atoms with Gasteiger partial charge in [0.2, 0.25) is 0 Å². The SMILES string of the molecule is CCc1ccc(CCNC2CCNC2)cc1. The van der Waals surface area contributed by atoms with E-state index in [-0.39, 0.29) is 0 Å². The smallest absolute Gasteiger partial charge is 0.0204 e. The molecule has 1 aromatic rings. The van der Waals surface area contributed by atoms with Gasteiger partial charge in [0.05, 0.1) is 0 Å². The summed E-state index contributed by atoms with van der Waals surface area (Å²) >= 11 is 0. The van der Waals surface area contributed by atoms with Crippen LogP contribution in [0.15, 0.2) is 24.3 Å². The quantitative estimate of drug-likeness (QED) is 0.786. The Hall–Kier alpha value is -0.860. The largest absolute Gasteiger partial charge is 0.315 e. The van der Waals surface area contributed by atoms with Gasteiger partial charge in [-0.1, -0.05) is 31.2 Å². The van der Waals surface area contributed by atoms with Gasteiger partial charge in [0.25, 0.3) is 0 Å². The van der Waals surface area contributed by atoms with Gasteiger partial charge in [-0.3, -0.25) is 0 Å². The highest BCUT2D eigenvalue weighted by molar-refractivity contribution is 5.22. The maximum absolute atomic E-state index is 3.60.